The molecule has 2 rings (SSSR count). The number of benzene rings is 1. The zero-order valence-corrected chi connectivity index (χ0v) is 10.7. The summed E-state index contributed by atoms with van der Waals surface area (Å²) in [5.74, 6) is -0.887. The van der Waals surface area contributed by atoms with E-state index in [0.29, 0.717) is 0 Å². The normalized spacial score (nSPS) is 11.0. The molecule has 0 atom stereocenters. The van der Waals surface area contributed by atoms with E-state index in [9.17, 15) is 18.0 Å². The molecule has 1 heterocycles. The summed E-state index contributed by atoms with van der Waals surface area (Å²) in [6.07, 6.45) is -2.10. The van der Waals surface area contributed by atoms with Gasteiger partial charge in [-0.3, -0.25) is 4.79 Å². The van der Waals surface area contributed by atoms with Crippen LogP contribution in [0.2, 0.25) is 0 Å². The van der Waals surface area contributed by atoms with Crippen molar-refractivity contribution in [3.05, 3.63) is 47.9 Å². The van der Waals surface area contributed by atoms with Gasteiger partial charge in [0.1, 0.15) is 5.75 Å². The van der Waals surface area contributed by atoms with E-state index >= 15 is 0 Å². The molecule has 0 saturated carbocycles. The highest BCUT2D eigenvalue weighted by atomic mass is 19.4. The van der Waals surface area contributed by atoms with Crippen LogP contribution in [0.5, 0.6) is 11.6 Å². The van der Waals surface area contributed by atoms with Gasteiger partial charge in [0, 0.05) is 18.0 Å². The number of methoxy groups -OCH3 is 1. The van der Waals surface area contributed by atoms with Gasteiger partial charge >= 0.3 is 6.36 Å². The molecule has 0 aliphatic carbocycles. The van der Waals surface area contributed by atoms with E-state index in [-0.39, 0.29) is 17.1 Å². The predicted octanol–water partition coefficient (Wildman–Crippen LogP) is 2.61. The van der Waals surface area contributed by atoms with E-state index in [1.165, 1.54) is 31.6 Å². The summed E-state index contributed by atoms with van der Waals surface area (Å²) in [6.45, 7) is 0. The highest BCUT2D eigenvalue weighted by Crippen LogP contribution is 2.24. The summed E-state index contributed by atoms with van der Waals surface area (Å²) in [7, 11) is 1.33. The summed E-state index contributed by atoms with van der Waals surface area (Å²) in [4.78, 5) is 19.9. The van der Waals surface area contributed by atoms with Crippen molar-refractivity contribution >= 4 is 5.78 Å². The molecule has 0 saturated heterocycles. The van der Waals surface area contributed by atoms with E-state index in [1.807, 2.05) is 0 Å². The third-order valence-corrected chi connectivity index (χ3v) is 2.42. The molecule has 5 nitrogen and oxygen atoms in total. The van der Waals surface area contributed by atoms with Gasteiger partial charge in [0.25, 0.3) is 0 Å². The van der Waals surface area contributed by atoms with E-state index in [1.54, 1.807) is 0 Å². The van der Waals surface area contributed by atoms with Crippen LogP contribution >= 0.6 is 0 Å². The molecule has 0 spiro atoms. The third-order valence-electron chi connectivity index (χ3n) is 2.42. The summed E-state index contributed by atoms with van der Waals surface area (Å²) < 4.78 is 44.8. The number of carbonyl (C=O) groups is 1. The van der Waals surface area contributed by atoms with Gasteiger partial charge < -0.3 is 9.47 Å². The van der Waals surface area contributed by atoms with E-state index in [2.05, 4.69) is 14.7 Å². The number of aromatic nitrogens is 2. The minimum atomic E-state index is -4.78. The second kappa shape index (κ2) is 5.78. The lowest BCUT2D eigenvalue weighted by molar-refractivity contribution is -0.274. The van der Waals surface area contributed by atoms with E-state index < -0.39 is 17.9 Å². The Morgan fingerprint density at radius 1 is 1.10 bits per heavy atom. The zero-order valence-electron chi connectivity index (χ0n) is 10.7. The Kier molecular flexibility index (Phi) is 4.06. The Morgan fingerprint density at radius 2 is 1.71 bits per heavy atom. The molecule has 0 unspecified atom stereocenters. The number of ether oxygens (including phenoxy) is 2. The summed E-state index contributed by atoms with van der Waals surface area (Å²) in [5.41, 5.74) is 0.118. The van der Waals surface area contributed by atoms with Crippen LogP contribution in [0.25, 0.3) is 0 Å². The summed E-state index contributed by atoms with van der Waals surface area (Å²) in [5, 5.41) is 0. The largest absolute Gasteiger partial charge is 0.573 e. The second-order valence-electron chi connectivity index (χ2n) is 3.82. The molecule has 0 amide bonds. The van der Waals surface area contributed by atoms with Crippen molar-refractivity contribution in [2.24, 2.45) is 0 Å². The first-order chi connectivity index (χ1) is 9.90. The first kappa shape index (κ1) is 14.8. The average molecular weight is 298 g/mol. The zero-order chi connectivity index (χ0) is 15.5. The molecule has 2 aromatic rings. The van der Waals surface area contributed by atoms with Crippen LogP contribution < -0.4 is 9.47 Å². The van der Waals surface area contributed by atoms with Crippen LogP contribution in [0.3, 0.4) is 0 Å². The van der Waals surface area contributed by atoms with Crippen molar-refractivity contribution in [1.29, 1.82) is 0 Å². The van der Waals surface area contributed by atoms with E-state index in [4.69, 9.17) is 4.74 Å². The van der Waals surface area contributed by atoms with Crippen LogP contribution in [-0.2, 0) is 0 Å². The monoisotopic (exact) mass is 298 g/mol. The average Bonchev–Trinajstić information content (AvgIpc) is 2.45. The highest BCUT2D eigenvalue weighted by Gasteiger charge is 2.31. The van der Waals surface area contributed by atoms with Gasteiger partial charge in [-0.1, -0.05) is 0 Å². The summed E-state index contributed by atoms with van der Waals surface area (Å²) >= 11 is 0. The van der Waals surface area contributed by atoms with Gasteiger partial charge in [0.05, 0.1) is 7.11 Å². The van der Waals surface area contributed by atoms with Crippen molar-refractivity contribution in [2.45, 2.75) is 6.36 Å². The number of halogens is 3. The maximum absolute atomic E-state index is 12.2. The van der Waals surface area contributed by atoms with Crippen molar-refractivity contribution in [1.82, 2.24) is 9.97 Å². The molecular formula is C13H9F3N2O3. The van der Waals surface area contributed by atoms with Gasteiger partial charge in [0.15, 0.2) is 5.69 Å². The fraction of sp³-hybridized carbons (Fsp3) is 0.154. The molecule has 0 radical (unpaired) electrons. The van der Waals surface area contributed by atoms with Crippen LogP contribution in [0.15, 0.2) is 36.7 Å². The maximum atomic E-state index is 12.2. The minimum Gasteiger partial charge on any atom is -0.479 e. The Hall–Kier alpha value is -2.64. The number of hydrogen-bond donors (Lipinski definition) is 0. The highest BCUT2D eigenvalue weighted by molar-refractivity contribution is 6.09. The van der Waals surface area contributed by atoms with Crippen LogP contribution in [0.1, 0.15) is 16.1 Å². The number of hydrogen-bond acceptors (Lipinski definition) is 5. The lowest BCUT2D eigenvalue weighted by atomic mass is 10.1. The van der Waals surface area contributed by atoms with Crippen molar-refractivity contribution < 1.29 is 27.4 Å². The lowest BCUT2D eigenvalue weighted by Gasteiger charge is -2.09. The molecule has 0 fully saturated rings. The molecular weight excluding hydrogens is 289 g/mol. The lowest BCUT2D eigenvalue weighted by Crippen LogP contribution is -2.17. The van der Waals surface area contributed by atoms with Gasteiger partial charge in [-0.05, 0) is 24.3 Å². The maximum Gasteiger partial charge on any atom is 0.573 e. The van der Waals surface area contributed by atoms with Crippen LogP contribution in [0, 0.1) is 0 Å². The first-order valence-corrected chi connectivity index (χ1v) is 5.66. The SMILES string of the molecule is COc1nccnc1C(=O)c1ccc(OC(F)(F)F)cc1. The fourth-order valence-corrected chi connectivity index (χ4v) is 1.58. The minimum absolute atomic E-state index is 0.0236. The molecule has 21 heavy (non-hydrogen) atoms. The van der Waals surface area contributed by atoms with Gasteiger partial charge in [-0.25, -0.2) is 9.97 Å². The molecule has 8 heteroatoms. The quantitative estimate of drug-likeness (QED) is 0.812. The molecule has 1 aromatic heterocycles. The Labute approximate surface area is 117 Å². The molecule has 110 valence electrons. The van der Waals surface area contributed by atoms with Crippen molar-refractivity contribution in [3.8, 4) is 11.6 Å². The van der Waals surface area contributed by atoms with Crippen molar-refractivity contribution in [2.75, 3.05) is 7.11 Å². The van der Waals surface area contributed by atoms with E-state index in [0.717, 1.165) is 12.1 Å². The number of nitrogens with zero attached hydrogens (tertiary/aromatic N) is 2. The fourth-order valence-electron chi connectivity index (χ4n) is 1.58. The third kappa shape index (κ3) is 3.68. The predicted molar refractivity (Wildman–Crippen MR) is 65.1 cm³/mol. The number of rotatable bonds is 4. The Bertz CT molecular complexity index is 642. The summed E-state index contributed by atoms with van der Waals surface area (Å²) in [6, 6.07) is 4.50. The van der Waals surface area contributed by atoms with Crippen LogP contribution in [0.4, 0.5) is 13.2 Å². The van der Waals surface area contributed by atoms with Crippen LogP contribution in [-0.4, -0.2) is 29.2 Å². The first-order valence-electron chi connectivity index (χ1n) is 5.66. The standard InChI is InChI=1S/C13H9F3N2O3/c1-20-12-10(17-6-7-18-12)11(19)8-2-4-9(5-3-8)21-13(14,15)16/h2-7H,1H3. The topological polar surface area (TPSA) is 61.3 Å². The Morgan fingerprint density at radius 3 is 2.29 bits per heavy atom. The molecule has 0 aliphatic heterocycles. The molecule has 0 bridgehead atoms. The van der Waals surface area contributed by atoms with Gasteiger partial charge in [-0.2, -0.15) is 0 Å². The Balaban J connectivity index is 2.24. The van der Waals surface area contributed by atoms with Gasteiger partial charge in [-0.15, -0.1) is 13.2 Å². The molecule has 0 N–H and O–H groups in total. The molecule has 0 aliphatic rings. The number of carbonyl (C=O) groups excluding carboxylic acids is 1. The van der Waals surface area contributed by atoms with Gasteiger partial charge in [0.2, 0.25) is 11.7 Å². The second-order valence-corrected chi connectivity index (χ2v) is 3.82. The number of ketones is 1. The molecule has 1 aromatic carbocycles. The number of alkyl halides is 3. The van der Waals surface area contributed by atoms with Crippen molar-refractivity contribution in [3.63, 3.8) is 0 Å². The smallest absolute Gasteiger partial charge is 0.479 e.